The van der Waals surface area contributed by atoms with E-state index < -0.39 is 6.10 Å². The first kappa shape index (κ1) is 19.9. The van der Waals surface area contributed by atoms with E-state index in [1.54, 1.807) is 48.2 Å². The molecule has 0 aliphatic carbocycles. The molecule has 1 amide bonds. The summed E-state index contributed by atoms with van der Waals surface area (Å²) in [6.07, 6.45) is -0.202. The molecule has 144 valence electrons. The average molecular weight is 398 g/mol. The first-order valence-electron chi connectivity index (χ1n) is 8.83. The molecular formula is C21H20ClN3O3. The third kappa shape index (κ3) is 3.86. The lowest BCUT2D eigenvalue weighted by atomic mass is 10.0. The van der Waals surface area contributed by atoms with Crippen molar-refractivity contribution in [3.63, 3.8) is 0 Å². The summed E-state index contributed by atoms with van der Waals surface area (Å²) < 4.78 is 0. The number of oxime groups is 1. The number of aliphatic hydroxyl groups is 1. The van der Waals surface area contributed by atoms with Crippen LogP contribution in [0.25, 0.3) is 11.1 Å². The lowest BCUT2D eigenvalue weighted by Gasteiger charge is -2.26. The van der Waals surface area contributed by atoms with E-state index in [-0.39, 0.29) is 11.9 Å². The summed E-state index contributed by atoms with van der Waals surface area (Å²) in [4.78, 5) is 19.4. The molecule has 1 heterocycles. The van der Waals surface area contributed by atoms with Gasteiger partial charge in [-0.25, -0.2) is 0 Å². The molecule has 1 fully saturated rings. The van der Waals surface area contributed by atoms with Gasteiger partial charge in [-0.1, -0.05) is 41.0 Å². The maximum Gasteiger partial charge on any atom is 0.254 e. The Labute approximate surface area is 168 Å². The van der Waals surface area contributed by atoms with Crippen molar-refractivity contribution in [1.82, 2.24) is 4.90 Å². The number of carbonyl (C=O) groups is 1. The third-order valence-electron chi connectivity index (χ3n) is 4.80. The van der Waals surface area contributed by atoms with Crippen LogP contribution in [0.2, 0.25) is 5.02 Å². The molecule has 0 radical (unpaired) electrons. The number of aliphatic hydroxyl groups excluding tert-OH is 1. The van der Waals surface area contributed by atoms with Crippen LogP contribution in [0.4, 0.5) is 0 Å². The molecule has 2 aromatic carbocycles. The first-order chi connectivity index (χ1) is 13.5. The van der Waals surface area contributed by atoms with Gasteiger partial charge in [0, 0.05) is 17.5 Å². The number of nitrogens with zero attached hydrogens (tertiary/aromatic N) is 3. The van der Waals surface area contributed by atoms with Crippen LogP contribution in [0.5, 0.6) is 0 Å². The molecule has 28 heavy (non-hydrogen) atoms. The zero-order valence-electron chi connectivity index (χ0n) is 15.6. The molecule has 1 N–H and O–H groups in total. The fourth-order valence-electron chi connectivity index (χ4n) is 3.38. The molecular weight excluding hydrogens is 378 g/mol. The highest BCUT2D eigenvalue weighted by Crippen LogP contribution is 2.31. The second kappa shape index (κ2) is 8.42. The normalized spacial score (nSPS) is 18.8. The Morgan fingerprint density at radius 1 is 1.36 bits per heavy atom. The van der Waals surface area contributed by atoms with Crippen LogP contribution in [-0.2, 0) is 4.84 Å². The summed E-state index contributed by atoms with van der Waals surface area (Å²) in [5.41, 5.74) is 3.17. The van der Waals surface area contributed by atoms with Crippen LogP contribution in [0.1, 0.15) is 29.3 Å². The van der Waals surface area contributed by atoms with E-state index in [4.69, 9.17) is 21.7 Å². The number of halogens is 1. The Hall–Kier alpha value is -2.88. The van der Waals surface area contributed by atoms with Gasteiger partial charge in [-0.2, -0.15) is 5.26 Å². The molecule has 2 atom stereocenters. The van der Waals surface area contributed by atoms with Crippen LogP contribution < -0.4 is 0 Å². The molecule has 0 spiro atoms. The van der Waals surface area contributed by atoms with Crippen molar-refractivity contribution >= 4 is 23.2 Å². The van der Waals surface area contributed by atoms with E-state index in [0.29, 0.717) is 29.1 Å². The quantitative estimate of drug-likeness (QED) is 0.800. The van der Waals surface area contributed by atoms with E-state index in [2.05, 4.69) is 11.2 Å². The SMILES string of the molecule is CO/N=C1\CC(C(C)O)N(C(=O)c2ccc(-c3cccc(C#N)c3Cl)cc2)C1. The minimum Gasteiger partial charge on any atom is -0.399 e. The molecule has 0 bridgehead atoms. The Balaban J connectivity index is 1.86. The predicted octanol–water partition coefficient (Wildman–Crippen LogP) is 3.48. The van der Waals surface area contributed by atoms with E-state index in [9.17, 15) is 9.90 Å². The van der Waals surface area contributed by atoms with Crippen LogP contribution in [0, 0.1) is 11.3 Å². The molecule has 0 aromatic heterocycles. The van der Waals surface area contributed by atoms with Crippen molar-refractivity contribution < 1.29 is 14.7 Å². The molecule has 3 rings (SSSR count). The fraction of sp³-hybridized carbons (Fsp3) is 0.286. The second-order valence-corrected chi connectivity index (χ2v) is 7.02. The number of benzene rings is 2. The third-order valence-corrected chi connectivity index (χ3v) is 5.21. The lowest BCUT2D eigenvalue weighted by molar-refractivity contribution is 0.0538. The Kier molecular flexibility index (Phi) is 5.98. The average Bonchev–Trinajstić information content (AvgIpc) is 3.12. The standard InChI is InChI=1S/C21H20ClN3O3/c1-13(26)19-10-17(24-28-2)12-25(19)21(27)15-8-6-14(7-9-15)18-5-3-4-16(11-23)20(18)22/h3-9,13,19,26H,10,12H2,1-2H3/b24-17+. The van der Waals surface area contributed by atoms with Gasteiger partial charge in [-0.3, -0.25) is 4.79 Å². The number of nitriles is 1. The van der Waals surface area contributed by atoms with E-state index in [1.165, 1.54) is 7.11 Å². The highest BCUT2D eigenvalue weighted by molar-refractivity contribution is 6.34. The number of rotatable bonds is 4. The van der Waals surface area contributed by atoms with Crippen LogP contribution in [-0.4, -0.2) is 47.4 Å². The van der Waals surface area contributed by atoms with Gasteiger partial charge in [0.15, 0.2) is 0 Å². The van der Waals surface area contributed by atoms with Crippen molar-refractivity contribution in [1.29, 1.82) is 5.26 Å². The Morgan fingerprint density at radius 3 is 2.68 bits per heavy atom. The number of amides is 1. The van der Waals surface area contributed by atoms with Gasteiger partial charge in [0.1, 0.15) is 13.2 Å². The van der Waals surface area contributed by atoms with Gasteiger partial charge in [0.2, 0.25) is 0 Å². The van der Waals surface area contributed by atoms with Crippen molar-refractivity contribution in [3.8, 4) is 17.2 Å². The van der Waals surface area contributed by atoms with Crippen molar-refractivity contribution in [3.05, 3.63) is 58.6 Å². The van der Waals surface area contributed by atoms with Crippen molar-refractivity contribution in [2.75, 3.05) is 13.7 Å². The highest BCUT2D eigenvalue weighted by Gasteiger charge is 2.36. The fourth-order valence-corrected chi connectivity index (χ4v) is 3.66. The summed E-state index contributed by atoms with van der Waals surface area (Å²) in [5.74, 6) is -0.185. The Morgan fingerprint density at radius 2 is 2.07 bits per heavy atom. The lowest BCUT2D eigenvalue weighted by Crippen LogP contribution is -2.41. The molecule has 0 saturated carbocycles. The van der Waals surface area contributed by atoms with E-state index in [1.807, 2.05) is 6.07 Å². The van der Waals surface area contributed by atoms with E-state index >= 15 is 0 Å². The van der Waals surface area contributed by atoms with Crippen LogP contribution >= 0.6 is 11.6 Å². The molecule has 2 aromatic rings. The maximum atomic E-state index is 13.0. The minimum absolute atomic E-state index is 0.185. The maximum absolute atomic E-state index is 13.0. The number of hydrogen-bond acceptors (Lipinski definition) is 5. The summed E-state index contributed by atoms with van der Waals surface area (Å²) in [6, 6.07) is 14.0. The number of carbonyl (C=O) groups excluding carboxylic acids is 1. The molecule has 1 saturated heterocycles. The monoisotopic (exact) mass is 397 g/mol. The van der Waals surface area contributed by atoms with Crippen molar-refractivity contribution in [2.45, 2.75) is 25.5 Å². The van der Waals surface area contributed by atoms with Crippen LogP contribution in [0.3, 0.4) is 0 Å². The van der Waals surface area contributed by atoms with Gasteiger partial charge in [-0.15, -0.1) is 0 Å². The van der Waals surface area contributed by atoms with Crippen molar-refractivity contribution in [2.24, 2.45) is 5.16 Å². The van der Waals surface area contributed by atoms with Gasteiger partial charge < -0.3 is 14.8 Å². The summed E-state index contributed by atoms with van der Waals surface area (Å²) in [7, 11) is 1.46. The molecule has 1 aliphatic heterocycles. The number of hydrogen-bond donors (Lipinski definition) is 1. The summed E-state index contributed by atoms with van der Waals surface area (Å²) in [6.45, 7) is 1.98. The zero-order chi connectivity index (χ0) is 20.3. The molecule has 1 aliphatic rings. The zero-order valence-corrected chi connectivity index (χ0v) is 16.3. The predicted molar refractivity (Wildman–Crippen MR) is 107 cm³/mol. The van der Waals surface area contributed by atoms with Gasteiger partial charge in [0.25, 0.3) is 5.91 Å². The highest BCUT2D eigenvalue weighted by atomic mass is 35.5. The largest absolute Gasteiger partial charge is 0.399 e. The van der Waals surface area contributed by atoms with Crippen LogP contribution in [0.15, 0.2) is 47.6 Å². The topological polar surface area (TPSA) is 85.9 Å². The molecule has 6 nitrogen and oxygen atoms in total. The van der Waals surface area contributed by atoms with Gasteiger partial charge in [0.05, 0.1) is 35.0 Å². The van der Waals surface area contributed by atoms with Gasteiger partial charge >= 0.3 is 0 Å². The minimum atomic E-state index is -0.680. The summed E-state index contributed by atoms with van der Waals surface area (Å²) >= 11 is 6.30. The van der Waals surface area contributed by atoms with Gasteiger partial charge in [-0.05, 0) is 30.7 Å². The van der Waals surface area contributed by atoms with E-state index in [0.717, 1.165) is 16.8 Å². The Bertz CT molecular complexity index is 948. The molecule has 7 heteroatoms. The summed E-state index contributed by atoms with van der Waals surface area (Å²) in [5, 5.41) is 23.5. The smallest absolute Gasteiger partial charge is 0.254 e. The second-order valence-electron chi connectivity index (χ2n) is 6.64. The number of likely N-dealkylation sites (tertiary alicyclic amines) is 1. The molecule has 2 unspecified atom stereocenters. The first-order valence-corrected chi connectivity index (χ1v) is 9.21.